The topological polar surface area (TPSA) is 97.4 Å². The van der Waals surface area contributed by atoms with Gasteiger partial charge in [-0.3, -0.25) is 14.5 Å². The van der Waals surface area contributed by atoms with Crippen LogP contribution in [0.3, 0.4) is 0 Å². The number of pyridine rings is 1. The molecule has 0 bridgehead atoms. The fourth-order valence-electron chi connectivity index (χ4n) is 2.54. The van der Waals surface area contributed by atoms with E-state index >= 15 is 0 Å². The number of rotatable bonds is 5. The Hall–Kier alpha value is -3.13. The van der Waals surface area contributed by atoms with E-state index < -0.39 is 10.0 Å². The predicted octanol–water partition coefficient (Wildman–Crippen LogP) is 2.40. The molecular formula is C18H17N3O4S. The van der Waals surface area contributed by atoms with Crippen molar-refractivity contribution in [2.75, 3.05) is 18.9 Å². The lowest BCUT2D eigenvalue weighted by Gasteiger charge is -2.12. The number of nitrogens with zero attached hydrogens (tertiary/aromatic N) is 1. The molecule has 3 rings (SSSR count). The van der Waals surface area contributed by atoms with E-state index in [0.29, 0.717) is 27.9 Å². The molecule has 0 fully saturated rings. The molecule has 3 aromatic rings. The van der Waals surface area contributed by atoms with Crippen LogP contribution >= 0.6 is 0 Å². The summed E-state index contributed by atoms with van der Waals surface area (Å²) in [4.78, 5) is 15.9. The average Bonchev–Trinajstić information content (AvgIpc) is 2.67. The number of anilines is 1. The highest BCUT2D eigenvalue weighted by Gasteiger charge is 2.17. The minimum absolute atomic E-state index is 0.0463. The Morgan fingerprint density at radius 3 is 2.46 bits per heavy atom. The first-order chi connectivity index (χ1) is 12.5. The van der Waals surface area contributed by atoms with E-state index in [2.05, 4.69) is 15.0 Å². The van der Waals surface area contributed by atoms with Gasteiger partial charge in [0, 0.05) is 24.2 Å². The van der Waals surface area contributed by atoms with Crippen LogP contribution in [0, 0.1) is 0 Å². The van der Waals surface area contributed by atoms with Crippen molar-refractivity contribution >= 4 is 32.5 Å². The summed E-state index contributed by atoms with van der Waals surface area (Å²) >= 11 is 0. The number of methoxy groups -OCH3 is 1. The molecule has 1 aromatic heterocycles. The standard InChI is InChI=1S/C18H17N3O4S/c1-19-18(22)12-6-8-13(9-7-12)26(23,24)21-15-5-3-4-14-16(25-2)10-11-20-17(14)15/h3-11,21H,1-2H3,(H,19,22). The minimum atomic E-state index is -3.84. The number of para-hydroxylation sites is 1. The quantitative estimate of drug-likeness (QED) is 0.718. The minimum Gasteiger partial charge on any atom is -0.496 e. The molecular weight excluding hydrogens is 354 g/mol. The number of benzene rings is 2. The largest absolute Gasteiger partial charge is 0.496 e. The molecule has 0 radical (unpaired) electrons. The van der Waals surface area contributed by atoms with Gasteiger partial charge in [0.25, 0.3) is 15.9 Å². The molecule has 8 heteroatoms. The van der Waals surface area contributed by atoms with Crippen LogP contribution in [0.1, 0.15) is 10.4 Å². The van der Waals surface area contributed by atoms with Gasteiger partial charge in [-0.05, 0) is 42.5 Å². The highest BCUT2D eigenvalue weighted by molar-refractivity contribution is 7.92. The number of amides is 1. The summed E-state index contributed by atoms with van der Waals surface area (Å²) in [6.45, 7) is 0. The van der Waals surface area contributed by atoms with Crippen molar-refractivity contribution in [2.24, 2.45) is 0 Å². The van der Waals surface area contributed by atoms with Crippen LogP contribution in [-0.4, -0.2) is 33.5 Å². The van der Waals surface area contributed by atoms with Gasteiger partial charge in [0.1, 0.15) is 5.75 Å². The van der Waals surface area contributed by atoms with Crippen LogP contribution in [0.4, 0.5) is 5.69 Å². The summed E-state index contributed by atoms with van der Waals surface area (Å²) in [5.41, 5.74) is 1.21. The number of carbonyl (C=O) groups excluding carboxylic acids is 1. The second-order valence-corrected chi connectivity index (χ2v) is 7.11. The van der Waals surface area contributed by atoms with Crippen molar-refractivity contribution in [1.82, 2.24) is 10.3 Å². The normalized spacial score (nSPS) is 11.2. The number of hydrogen-bond acceptors (Lipinski definition) is 5. The van der Waals surface area contributed by atoms with Crippen LogP contribution in [0.2, 0.25) is 0 Å². The van der Waals surface area contributed by atoms with Crippen molar-refractivity contribution in [3.63, 3.8) is 0 Å². The van der Waals surface area contributed by atoms with Gasteiger partial charge >= 0.3 is 0 Å². The van der Waals surface area contributed by atoms with Gasteiger partial charge in [0.05, 0.1) is 23.2 Å². The summed E-state index contributed by atoms with van der Waals surface area (Å²) in [7, 11) is -0.785. The molecule has 1 heterocycles. The molecule has 2 aromatic carbocycles. The van der Waals surface area contributed by atoms with Crippen molar-refractivity contribution in [2.45, 2.75) is 4.90 Å². The lowest BCUT2D eigenvalue weighted by molar-refractivity contribution is 0.0963. The maximum absolute atomic E-state index is 12.7. The first-order valence-electron chi connectivity index (χ1n) is 7.73. The average molecular weight is 371 g/mol. The zero-order valence-corrected chi connectivity index (χ0v) is 15.0. The molecule has 0 aliphatic heterocycles. The Kier molecular flexibility index (Phi) is 4.77. The first-order valence-corrected chi connectivity index (χ1v) is 9.21. The highest BCUT2D eigenvalue weighted by atomic mass is 32.2. The van der Waals surface area contributed by atoms with E-state index in [9.17, 15) is 13.2 Å². The number of ether oxygens (including phenoxy) is 1. The Balaban J connectivity index is 1.98. The van der Waals surface area contributed by atoms with Crippen LogP contribution in [0.5, 0.6) is 5.75 Å². The molecule has 1 amide bonds. The molecule has 26 heavy (non-hydrogen) atoms. The predicted molar refractivity (Wildman–Crippen MR) is 98.9 cm³/mol. The second kappa shape index (κ2) is 7.01. The van der Waals surface area contributed by atoms with Crippen molar-refractivity contribution in [3.05, 3.63) is 60.3 Å². The highest BCUT2D eigenvalue weighted by Crippen LogP contribution is 2.29. The fourth-order valence-corrected chi connectivity index (χ4v) is 3.61. The third-order valence-electron chi connectivity index (χ3n) is 3.85. The van der Waals surface area contributed by atoms with E-state index in [0.717, 1.165) is 0 Å². The molecule has 0 atom stereocenters. The van der Waals surface area contributed by atoms with Gasteiger partial charge in [-0.1, -0.05) is 6.07 Å². The molecule has 0 saturated heterocycles. The number of aromatic nitrogens is 1. The fraction of sp³-hybridized carbons (Fsp3) is 0.111. The van der Waals surface area contributed by atoms with Crippen molar-refractivity contribution in [1.29, 1.82) is 0 Å². The van der Waals surface area contributed by atoms with Gasteiger partial charge in [-0.2, -0.15) is 0 Å². The van der Waals surface area contributed by atoms with Crippen LogP contribution < -0.4 is 14.8 Å². The van der Waals surface area contributed by atoms with Gasteiger partial charge in [0.15, 0.2) is 0 Å². The van der Waals surface area contributed by atoms with Gasteiger partial charge in [-0.15, -0.1) is 0 Å². The molecule has 134 valence electrons. The Morgan fingerprint density at radius 2 is 1.81 bits per heavy atom. The zero-order valence-electron chi connectivity index (χ0n) is 14.2. The Morgan fingerprint density at radius 1 is 1.08 bits per heavy atom. The van der Waals surface area contributed by atoms with E-state index in [-0.39, 0.29) is 10.8 Å². The van der Waals surface area contributed by atoms with Crippen molar-refractivity contribution in [3.8, 4) is 5.75 Å². The Bertz CT molecular complexity index is 1060. The second-order valence-electron chi connectivity index (χ2n) is 5.42. The number of sulfonamides is 1. The molecule has 0 saturated carbocycles. The van der Waals surface area contributed by atoms with E-state index in [1.54, 1.807) is 37.6 Å². The number of hydrogen-bond donors (Lipinski definition) is 2. The van der Waals surface area contributed by atoms with E-state index in [1.165, 1.54) is 31.3 Å². The van der Waals surface area contributed by atoms with Crippen molar-refractivity contribution < 1.29 is 17.9 Å². The third kappa shape index (κ3) is 3.31. The molecule has 0 unspecified atom stereocenters. The van der Waals surface area contributed by atoms with Crippen LogP contribution in [0.25, 0.3) is 10.9 Å². The molecule has 0 spiro atoms. The number of nitrogens with one attached hydrogen (secondary N) is 2. The molecule has 2 N–H and O–H groups in total. The number of fused-ring (bicyclic) bond motifs is 1. The Labute approximate surface area is 151 Å². The smallest absolute Gasteiger partial charge is 0.261 e. The number of carbonyl (C=O) groups is 1. The lowest BCUT2D eigenvalue weighted by Crippen LogP contribution is -2.18. The van der Waals surface area contributed by atoms with Crippen LogP contribution in [-0.2, 0) is 10.0 Å². The monoisotopic (exact) mass is 371 g/mol. The van der Waals surface area contributed by atoms with Gasteiger partial charge in [-0.25, -0.2) is 8.42 Å². The summed E-state index contributed by atoms with van der Waals surface area (Å²) in [5, 5.41) is 3.19. The zero-order chi connectivity index (χ0) is 18.7. The SMILES string of the molecule is CNC(=O)c1ccc(S(=O)(=O)Nc2cccc3c(OC)ccnc23)cc1. The summed E-state index contributed by atoms with van der Waals surface area (Å²) in [6, 6.07) is 12.5. The molecule has 0 aliphatic carbocycles. The third-order valence-corrected chi connectivity index (χ3v) is 5.23. The summed E-state index contributed by atoms with van der Waals surface area (Å²) in [6.07, 6.45) is 1.55. The first kappa shape index (κ1) is 17.7. The molecule has 7 nitrogen and oxygen atoms in total. The van der Waals surface area contributed by atoms with Gasteiger partial charge in [0.2, 0.25) is 0 Å². The van der Waals surface area contributed by atoms with E-state index in [4.69, 9.17) is 4.74 Å². The van der Waals surface area contributed by atoms with E-state index in [1.807, 2.05) is 0 Å². The van der Waals surface area contributed by atoms with Crippen LogP contribution in [0.15, 0.2) is 59.6 Å². The lowest BCUT2D eigenvalue weighted by atomic mass is 10.2. The summed E-state index contributed by atoms with van der Waals surface area (Å²) in [5.74, 6) is 0.318. The van der Waals surface area contributed by atoms with Gasteiger partial charge < -0.3 is 10.1 Å². The maximum Gasteiger partial charge on any atom is 0.261 e. The molecule has 0 aliphatic rings. The summed E-state index contributed by atoms with van der Waals surface area (Å²) < 4.78 is 33.2. The maximum atomic E-state index is 12.7.